The third-order valence-electron chi connectivity index (χ3n) is 4.11. The normalized spacial score (nSPS) is 23.0. The van der Waals surface area contributed by atoms with Crippen LogP contribution in [-0.2, 0) is 0 Å². The molecule has 0 unspecified atom stereocenters. The van der Waals surface area contributed by atoms with Crippen LogP contribution in [0.15, 0.2) is 17.5 Å². The summed E-state index contributed by atoms with van der Waals surface area (Å²) < 4.78 is 8.55. The van der Waals surface area contributed by atoms with Gasteiger partial charge in [0, 0.05) is 11.5 Å². The zero-order valence-electron chi connectivity index (χ0n) is 11.8. The minimum atomic E-state index is -0.341. The van der Waals surface area contributed by atoms with Crippen LogP contribution in [0.4, 0.5) is 0 Å². The van der Waals surface area contributed by atoms with Gasteiger partial charge in [0.25, 0.3) is 0 Å². The van der Waals surface area contributed by atoms with E-state index in [2.05, 4.69) is 22.5 Å². The van der Waals surface area contributed by atoms with Crippen LogP contribution in [0, 0.1) is 6.92 Å². The molecule has 2 aromatic heterocycles. The van der Waals surface area contributed by atoms with E-state index in [1.54, 1.807) is 22.7 Å². The zero-order valence-corrected chi connectivity index (χ0v) is 13.5. The van der Waals surface area contributed by atoms with Crippen LogP contribution in [-0.4, -0.2) is 22.3 Å². The summed E-state index contributed by atoms with van der Waals surface area (Å²) >= 11 is 3.41. The smallest absolute Gasteiger partial charge is 0.130 e. The maximum absolute atomic E-state index is 10.1. The first-order chi connectivity index (χ1) is 10.2. The first-order valence-corrected chi connectivity index (χ1v) is 9.04. The molecule has 0 spiro atoms. The Labute approximate surface area is 131 Å². The lowest BCUT2D eigenvalue weighted by Gasteiger charge is -2.28. The van der Waals surface area contributed by atoms with Crippen molar-refractivity contribution in [2.75, 3.05) is 0 Å². The minimum absolute atomic E-state index is 0.0756. The van der Waals surface area contributed by atoms with Crippen molar-refractivity contribution in [1.82, 2.24) is 4.98 Å². The van der Waals surface area contributed by atoms with E-state index in [0.29, 0.717) is 0 Å². The number of aromatic nitrogens is 1. The van der Waals surface area contributed by atoms with Gasteiger partial charge in [-0.05, 0) is 37.6 Å². The fourth-order valence-corrected chi connectivity index (χ4v) is 4.90. The molecule has 0 radical (unpaired) electrons. The Hall–Kier alpha value is -1.17. The van der Waals surface area contributed by atoms with Crippen LogP contribution >= 0.6 is 22.7 Å². The Morgan fingerprint density at radius 2 is 2.19 bits per heavy atom. The standard InChI is InChI=1S/C16H17NO2S2/c1-9-17-15-14(21-9)8-13(10-6-7-20-16(10)15)19-12-5-3-2-4-11(12)18/h6-8,11-12,18H,2-5H2,1H3/t11-,12-/m0/s1. The molecule has 1 N–H and O–H groups in total. The summed E-state index contributed by atoms with van der Waals surface area (Å²) in [6, 6.07) is 4.19. The topological polar surface area (TPSA) is 42.4 Å². The van der Waals surface area contributed by atoms with Gasteiger partial charge in [-0.3, -0.25) is 0 Å². The molecule has 1 saturated carbocycles. The van der Waals surface area contributed by atoms with Crippen molar-refractivity contribution < 1.29 is 9.84 Å². The van der Waals surface area contributed by atoms with E-state index in [4.69, 9.17) is 4.74 Å². The van der Waals surface area contributed by atoms with Gasteiger partial charge in [-0.15, -0.1) is 22.7 Å². The lowest BCUT2D eigenvalue weighted by molar-refractivity contribution is 0.00775. The van der Waals surface area contributed by atoms with Crippen LogP contribution in [0.5, 0.6) is 5.75 Å². The number of aliphatic hydroxyl groups excluding tert-OH is 1. The molecule has 0 aliphatic heterocycles. The molecule has 21 heavy (non-hydrogen) atoms. The monoisotopic (exact) mass is 319 g/mol. The van der Waals surface area contributed by atoms with Crippen LogP contribution in [0.25, 0.3) is 20.3 Å². The maximum Gasteiger partial charge on any atom is 0.130 e. The van der Waals surface area contributed by atoms with Crippen molar-refractivity contribution in [3.8, 4) is 5.75 Å². The van der Waals surface area contributed by atoms with Gasteiger partial charge < -0.3 is 9.84 Å². The average molecular weight is 319 g/mol. The van der Waals surface area contributed by atoms with Crippen LogP contribution in [0.3, 0.4) is 0 Å². The first kappa shape index (κ1) is 13.5. The molecule has 2 heterocycles. The van der Waals surface area contributed by atoms with E-state index in [1.165, 1.54) is 9.40 Å². The highest BCUT2D eigenvalue weighted by atomic mass is 32.1. The Kier molecular flexibility index (Phi) is 3.36. The number of fused-ring (bicyclic) bond motifs is 3. The summed E-state index contributed by atoms with van der Waals surface area (Å²) in [5, 5.41) is 14.4. The molecule has 5 heteroatoms. The number of benzene rings is 1. The molecule has 2 atom stereocenters. The highest BCUT2D eigenvalue weighted by Crippen LogP contribution is 2.40. The summed E-state index contributed by atoms with van der Waals surface area (Å²) in [5.74, 6) is 0.897. The van der Waals surface area contributed by atoms with Gasteiger partial charge in [0.05, 0.1) is 26.0 Å². The minimum Gasteiger partial charge on any atom is -0.487 e. The third-order valence-corrected chi connectivity index (χ3v) is 5.95. The number of thiazole rings is 1. The second-order valence-corrected chi connectivity index (χ2v) is 7.78. The van der Waals surface area contributed by atoms with Gasteiger partial charge in [-0.25, -0.2) is 4.98 Å². The second kappa shape index (κ2) is 5.23. The molecule has 4 rings (SSSR count). The van der Waals surface area contributed by atoms with Crippen molar-refractivity contribution in [3.05, 3.63) is 22.5 Å². The molecule has 110 valence electrons. The van der Waals surface area contributed by atoms with Crippen molar-refractivity contribution in [3.63, 3.8) is 0 Å². The van der Waals surface area contributed by atoms with E-state index in [-0.39, 0.29) is 12.2 Å². The van der Waals surface area contributed by atoms with Crippen LogP contribution < -0.4 is 4.74 Å². The number of aliphatic hydroxyl groups is 1. The summed E-state index contributed by atoms with van der Waals surface area (Å²) in [7, 11) is 0. The van der Waals surface area contributed by atoms with Crippen molar-refractivity contribution in [2.24, 2.45) is 0 Å². The Morgan fingerprint density at radius 1 is 1.33 bits per heavy atom. The van der Waals surface area contributed by atoms with Crippen LogP contribution in [0.2, 0.25) is 0 Å². The number of nitrogens with zero attached hydrogens (tertiary/aromatic N) is 1. The van der Waals surface area contributed by atoms with Gasteiger partial charge in [-0.2, -0.15) is 0 Å². The van der Waals surface area contributed by atoms with E-state index < -0.39 is 0 Å². The fraction of sp³-hybridized carbons (Fsp3) is 0.438. The molecule has 1 aliphatic carbocycles. The first-order valence-electron chi connectivity index (χ1n) is 7.34. The molecule has 1 aliphatic rings. The number of rotatable bonds is 2. The van der Waals surface area contributed by atoms with Gasteiger partial charge in [0.2, 0.25) is 0 Å². The third kappa shape index (κ3) is 2.33. The van der Waals surface area contributed by atoms with Gasteiger partial charge >= 0.3 is 0 Å². The highest BCUT2D eigenvalue weighted by Gasteiger charge is 2.25. The van der Waals surface area contributed by atoms with Crippen molar-refractivity contribution in [2.45, 2.75) is 44.8 Å². The van der Waals surface area contributed by atoms with Gasteiger partial charge in [-0.1, -0.05) is 6.42 Å². The quantitative estimate of drug-likeness (QED) is 0.756. The highest BCUT2D eigenvalue weighted by molar-refractivity contribution is 7.21. The molecule has 1 fully saturated rings. The summed E-state index contributed by atoms with van der Waals surface area (Å²) in [5.41, 5.74) is 1.08. The predicted molar refractivity (Wildman–Crippen MR) is 88.6 cm³/mol. The van der Waals surface area contributed by atoms with Crippen molar-refractivity contribution in [1.29, 1.82) is 0 Å². The predicted octanol–water partition coefficient (Wildman–Crippen LogP) is 4.50. The average Bonchev–Trinajstić information content (AvgIpc) is 3.06. The summed E-state index contributed by atoms with van der Waals surface area (Å²) in [6.07, 6.45) is 3.60. The second-order valence-electron chi connectivity index (χ2n) is 5.63. The molecule has 3 aromatic rings. The number of hydrogen-bond acceptors (Lipinski definition) is 5. The Morgan fingerprint density at radius 3 is 3.05 bits per heavy atom. The molecular formula is C16H17NO2S2. The number of ether oxygens (including phenoxy) is 1. The molecule has 1 aromatic carbocycles. The Bertz CT molecular complexity index is 792. The number of hydrogen-bond donors (Lipinski definition) is 1. The van der Waals surface area contributed by atoms with Gasteiger partial charge in [0.1, 0.15) is 11.9 Å². The number of thiophene rings is 1. The fourth-order valence-electron chi connectivity index (χ4n) is 3.06. The van der Waals surface area contributed by atoms with Gasteiger partial charge in [0.15, 0.2) is 0 Å². The number of aryl methyl sites for hydroxylation is 1. The lowest BCUT2D eigenvalue weighted by atomic mass is 9.95. The molecule has 0 bridgehead atoms. The summed E-state index contributed by atoms with van der Waals surface area (Å²) in [4.78, 5) is 4.64. The molecular weight excluding hydrogens is 302 g/mol. The van der Waals surface area contributed by atoms with E-state index in [1.807, 2.05) is 6.92 Å². The SMILES string of the molecule is Cc1nc2c(cc(O[C@H]3CCCC[C@@H]3O)c3ccsc32)s1. The summed E-state index contributed by atoms with van der Waals surface area (Å²) in [6.45, 7) is 2.04. The van der Waals surface area contributed by atoms with E-state index in [9.17, 15) is 5.11 Å². The lowest BCUT2D eigenvalue weighted by Crippen LogP contribution is -2.34. The maximum atomic E-state index is 10.1. The van der Waals surface area contributed by atoms with Crippen LogP contribution in [0.1, 0.15) is 30.7 Å². The van der Waals surface area contributed by atoms with E-state index in [0.717, 1.165) is 47.3 Å². The Balaban J connectivity index is 1.80. The van der Waals surface area contributed by atoms with E-state index >= 15 is 0 Å². The van der Waals surface area contributed by atoms with Crippen molar-refractivity contribution >= 4 is 43.0 Å². The molecule has 0 amide bonds. The molecule has 0 saturated heterocycles. The zero-order chi connectivity index (χ0) is 14.4. The largest absolute Gasteiger partial charge is 0.487 e. The molecule has 3 nitrogen and oxygen atoms in total.